The second kappa shape index (κ2) is 11.3. The first kappa shape index (κ1) is 25.5. The average molecular weight is 519 g/mol. The molecule has 2 aromatic rings. The van der Waals surface area contributed by atoms with Crippen LogP contribution < -0.4 is 11.1 Å². The maximum Gasteiger partial charge on any atom is 0.253 e. The van der Waals surface area contributed by atoms with Gasteiger partial charge < -0.3 is 30.9 Å². The summed E-state index contributed by atoms with van der Waals surface area (Å²) in [6.07, 6.45) is 2.09. The van der Waals surface area contributed by atoms with Gasteiger partial charge >= 0.3 is 0 Å². The average Bonchev–Trinajstić information content (AvgIpc) is 3.05. The molecule has 33 heavy (non-hydrogen) atoms. The highest BCUT2D eigenvalue weighted by atomic mass is 79.9. The Balaban J connectivity index is 1.70. The molecule has 1 unspecified atom stereocenters. The summed E-state index contributed by atoms with van der Waals surface area (Å²) in [5.74, 6) is -0.0696. The van der Waals surface area contributed by atoms with Crippen molar-refractivity contribution in [3.8, 4) is 0 Å². The Morgan fingerprint density at radius 3 is 2.67 bits per heavy atom. The molecule has 0 saturated carbocycles. The maximum atomic E-state index is 12.9. The van der Waals surface area contributed by atoms with Crippen molar-refractivity contribution in [1.29, 1.82) is 0 Å². The minimum Gasteiger partial charge on any atom is -0.398 e. The second-order valence-electron chi connectivity index (χ2n) is 8.93. The zero-order valence-electron chi connectivity index (χ0n) is 20.0. The summed E-state index contributed by atoms with van der Waals surface area (Å²) >= 11 is 3.48. The number of nitrogen functional groups attached to an aromatic ring is 1. The molecule has 180 valence electrons. The van der Waals surface area contributed by atoms with Gasteiger partial charge in [0.05, 0.1) is 11.7 Å². The number of aliphatic hydroxyl groups excluding tert-OH is 1. The van der Waals surface area contributed by atoms with Gasteiger partial charge in [-0.25, -0.2) is 0 Å². The standard InChI is InChI=1S/C25H36BrN5O2/c1-16-23(15-20(18(3)32)21-14-19(26)6-7-22(21)27)29-17(2)24(16)25(33)28-8-5-9-31-12-10-30(4)11-13-31/h6-7,14-15,18,29,32H,5,8-13,27H2,1-4H3,(H,28,33)/b20-15+. The van der Waals surface area contributed by atoms with Gasteiger partial charge in [-0.15, -0.1) is 0 Å². The van der Waals surface area contributed by atoms with E-state index in [0.717, 1.165) is 66.1 Å². The number of aryl methyl sites for hydroxylation is 1. The smallest absolute Gasteiger partial charge is 0.253 e. The summed E-state index contributed by atoms with van der Waals surface area (Å²) in [5.41, 5.74) is 11.3. The fraction of sp³-hybridized carbons (Fsp3) is 0.480. The van der Waals surface area contributed by atoms with E-state index in [2.05, 4.69) is 43.1 Å². The van der Waals surface area contributed by atoms with E-state index >= 15 is 0 Å². The number of hydrogen-bond donors (Lipinski definition) is 4. The van der Waals surface area contributed by atoms with Gasteiger partial charge in [0, 0.05) is 59.8 Å². The third-order valence-electron chi connectivity index (χ3n) is 6.31. The first-order valence-corrected chi connectivity index (χ1v) is 12.3. The monoisotopic (exact) mass is 517 g/mol. The van der Waals surface area contributed by atoms with Crippen molar-refractivity contribution < 1.29 is 9.90 Å². The predicted molar refractivity (Wildman–Crippen MR) is 139 cm³/mol. The number of H-pyrrole nitrogens is 1. The number of aliphatic hydroxyl groups is 1. The number of carbonyl (C=O) groups is 1. The number of nitrogens with zero attached hydrogens (tertiary/aromatic N) is 2. The Labute approximate surface area is 205 Å². The molecule has 7 nitrogen and oxygen atoms in total. The lowest BCUT2D eigenvalue weighted by molar-refractivity contribution is 0.0948. The van der Waals surface area contributed by atoms with Crippen LogP contribution in [0.15, 0.2) is 22.7 Å². The van der Waals surface area contributed by atoms with E-state index in [0.29, 0.717) is 23.4 Å². The van der Waals surface area contributed by atoms with Crippen LogP contribution in [0.25, 0.3) is 11.6 Å². The molecule has 1 aliphatic heterocycles. The van der Waals surface area contributed by atoms with Gasteiger partial charge in [-0.2, -0.15) is 0 Å². The van der Waals surface area contributed by atoms with Crippen molar-refractivity contribution in [2.75, 3.05) is 52.0 Å². The summed E-state index contributed by atoms with van der Waals surface area (Å²) in [6.45, 7) is 11.6. The third-order valence-corrected chi connectivity index (χ3v) is 6.81. The number of carbonyl (C=O) groups excluding carboxylic acids is 1. The minimum absolute atomic E-state index is 0.0696. The maximum absolute atomic E-state index is 12.9. The van der Waals surface area contributed by atoms with Crippen molar-refractivity contribution in [2.45, 2.75) is 33.3 Å². The van der Waals surface area contributed by atoms with Crippen LogP contribution in [0.3, 0.4) is 0 Å². The van der Waals surface area contributed by atoms with Gasteiger partial charge in [0.15, 0.2) is 0 Å². The van der Waals surface area contributed by atoms with Crippen LogP contribution in [0.2, 0.25) is 0 Å². The summed E-state index contributed by atoms with van der Waals surface area (Å²) in [4.78, 5) is 21.0. The van der Waals surface area contributed by atoms with Crippen LogP contribution in [-0.4, -0.2) is 78.2 Å². The SMILES string of the molecule is Cc1[nH]c(/C=C(/c2cc(Br)ccc2N)C(C)O)c(C)c1C(=O)NCCCN1CCN(C)CC1. The molecule has 1 aromatic carbocycles. The molecule has 0 bridgehead atoms. The fourth-order valence-electron chi connectivity index (χ4n) is 4.28. The van der Waals surface area contributed by atoms with E-state index in [-0.39, 0.29) is 5.91 Å². The topological polar surface area (TPSA) is 97.6 Å². The fourth-order valence-corrected chi connectivity index (χ4v) is 4.64. The Morgan fingerprint density at radius 1 is 1.30 bits per heavy atom. The number of amides is 1. The van der Waals surface area contributed by atoms with E-state index in [1.165, 1.54) is 0 Å². The van der Waals surface area contributed by atoms with Gasteiger partial charge in [-0.05, 0) is 76.2 Å². The Bertz CT molecular complexity index is 1010. The molecule has 8 heteroatoms. The number of aromatic amines is 1. The van der Waals surface area contributed by atoms with Crippen molar-refractivity contribution in [1.82, 2.24) is 20.1 Å². The highest BCUT2D eigenvalue weighted by molar-refractivity contribution is 9.10. The predicted octanol–water partition coefficient (Wildman–Crippen LogP) is 3.26. The van der Waals surface area contributed by atoms with Crippen molar-refractivity contribution in [3.05, 3.63) is 50.8 Å². The highest BCUT2D eigenvalue weighted by Crippen LogP contribution is 2.31. The molecule has 0 aliphatic carbocycles. The molecule has 1 fully saturated rings. The largest absolute Gasteiger partial charge is 0.398 e. The van der Waals surface area contributed by atoms with E-state index in [9.17, 15) is 9.90 Å². The second-order valence-corrected chi connectivity index (χ2v) is 9.84. The highest BCUT2D eigenvalue weighted by Gasteiger charge is 2.20. The number of nitrogens with one attached hydrogen (secondary N) is 2. The lowest BCUT2D eigenvalue weighted by atomic mass is 9.97. The molecule has 1 aliphatic rings. The van der Waals surface area contributed by atoms with E-state index in [4.69, 9.17) is 5.73 Å². The van der Waals surface area contributed by atoms with Crippen molar-refractivity contribution >= 4 is 39.2 Å². The molecule has 0 radical (unpaired) electrons. The van der Waals surface area contributed by atoms with E-state index < -0.39 is 6.10 Å². The zero-order valence-corrected chi connectivity index (χ0v) is 21.6. The normalized spacial score (nSPS) is 16.7. The number of aromatic nitrogens is 1. The molecule has 1 atom stereocenters. The van der Waals surface area contributed by atoms with Gasteiger partial charge in [0.25, 0.3) is 5.91 Å². The summed E-state index contributed by atoms with van der Waals surface area (Å²) in [5, 5.41) is 13.5. The molecular weight excluding hydrogens is 482 g/mol. The minimum atomic E-state index is -0.726. The number of benzene rings is 1. The third kappa shape index (κ3) is 6.47. The Hall–Kier alpha value is -2.13. The van der Waals surface area contributed by atoms with Crippen LogP contribution in [0.1, 0.15) is 46.2 Å². The first-order valence-electron chi connectivity index (χ1n) is 11.5. The van der Waals surface area contributed by atoms with Gasteiger partial charge in [0.2, 0.25) is 0 Å². The molecule has 1 amide bonds. The van der Waals surface area contributed by atoms with E-state index in [1.54, 1.807) is 6.92 Å². The summed E-state index contributed by atoms with van der Waals surface area (Å²) in [7, 11) is 2.15. The number of piperazine rings is 1. The van der Waals surface area contributed by atoms with Crippen molar-refractivity contribution in [3.63, 3.8) is 0 Å². The molecule has 1 saturated heterocycles. The van der Waals surface area contributed by atoms with Crippen LogP contribution in [-0.2, 0) is 0 Å². The molecule has 3 rings (SSSR count). The Morgan fingerprint density at radius 2 is 2.00 bits per heavy atom. The zero-order chi connectivity index (χ0) is 24.1. The van der Waals surface area contributed by atoms with Gasteiger partial charge in [-0.1, -0.05) is 15.9 Å². The molecule has 5 N–H and O–H groups in total. The number of hydrogen-bond acceptors (Lipinski definition) is 5. The molecular formula is C25H36BrN5O2. The quantitative estimate of drug-likeness (QED) is 0.318. The van der Waals surface area contributed by atoms with Gasteiger partial charge in [-0.3, -0.25) is 4.79 Å². The number of nitrogens with two attached hydrogens (primary N) is 1. The molecule has 1 aromatic heterocycles. The first-order chi connectivity index (χ1) is 15.7. The lowest BCUT2D eigenvalue weighted by Crippen LogP contribution is -2.45. The summed E-state index contributed by atoms with van der Waals surface area (Å²) in [6, 6.07) is 5.57. The van der Waals surface area contributed by atoms with Crippen LogP contribution in [0, 0.1) is 13.8 Å². The number of anilines is 1. The number of rotatable bonds is 8. The Kier molecular flexibility index (Phi) is 8.75. The van der Waals surface area contributed by atoms with E-state index in [1.807, 2.05) is 38.1 Å². The summed E-state index contributed by atoms with van der Waals surface area (Å²) < 4.78 is 0.884. The van der Waals surface area contributed by atoms with Crippen LogP contribution in [0.5, 0.6) is 0 Å². The molecule has 0 spiro atoms. The van der Waals surface area contributed by atoms with Crippen molar-refractivity contribution in [2.24, 2.45) is 0 Å². The molecule has 2 heterocycles. The van der Waals surface area contributed by atoms with Crippen LogP contribution in [0.4, 0.5) is 5.69 Å². The van der Waals surface area contributed by atoms with Crippen LogP contribution >= 0.6 is 15.9 Å². The van der Waals surface area contributed by atoms with Gasteiger partial charge in [0.1, 0.15) is 0 Å². The number of halogens is 1. The lowest BCUT2D eigenvalue weighted by Gasteiger charge is -2.32. The number of likely N-dealkylation sites (N-methyl/N-ethyl adjacent to an activating group) is 1.